The Bertz CT molecular complexity index is 181. The maximum absolute atomic E-state index is 10.00. The lowest BCUT2D eigenvalue weighted by Crippen LogP contribution is -2.12. The number of hydrogen-bond acceptors (Lipinski definition) is 3. The van der Waals surface area contributed by atoms with Gasteiger partial charge in [0, 0.05) is 5.92 Å². The van der Waals surface area contributed by atoms with E-state index in [0.29, 0.717) is 6.29 Å². The predicted octanol–water partition coefficient (Wildman–Crippen LogP) is -0.291. The molecule has 0 aromatic carbocycles. The zero-order valence-electron chi connectivity index (χ0n) is 4.94. The molecule has 9 heavy (non-hydrogen) atoms. The van der Waals surface area contributed by atoms with E-state index >= 15 is 0 Å². The Morgan fingerprint density at radius 2 is 2.11 bits per heavy atom. The van der Waals surface area contributed by atoms with Crippen LogP contribution in [0.4, 0.5) is 0 Å². The number of hydrogen-bond donors (Lipinski definition) is 1. The predicted molar refractivity (Wildman–Crippen MR) is 31.6 cm³/mol. The molecule has 0 radical (unpaired) electrons. The molecule has 4 nitrogen and oxygen atoms in total. The van der Waals surface area contributed by atoms with Gasteiger partial charge >= 0.3 is 0 Å². The van der Waals surface area contributed by atoms with Crippen molar-refractivity contribution in [2.45, 2.75) is 6.92 Å². The van der Waals surface area contributed by atoms with Crippen molar-refractivity contribution in [1.29, 1.82) is 0 Å². The quantitative estimate of drug-likeness (QED) is 0.445. The highest BCUT2D eigenvalue weighted by atomic mass is 32.2. The summed E-state index contributed by atoms with van der Waals surface area (Å²) in [6.07, 6.45) is 0.480. The lowest BCUT2D eigenvalue weighted by atomic mass is 10.3. The summed E-state index contributed by atoms with van der Waals surface area (Å²) in [7, 11) is -3.97. The van der Waals surface area contributed by atoms with Crippen LogP contribution in [0.2, 0.25) is 0 Å². The highest BCUT2D eigenvalue weighted by molar-refractivity contribution is 7.85. The van der Waals surface area contributed by atoms with Gasteiger partial charge in [0.15, 0.2) is 0 Å². The minimum atomic E-state index is -3.97. The van der Waals surface area contributed by atoms with Gasteiger partial charge in [-0.2, -0.15) is 8.42 Å². The van der Waals surface area contributed by atoms with Crippen molar-refractivity contribution >= 4 is 16.4 Å². The van der Waals surface area contributed by atoms with Crippen LogP contribution in [0, 0.1) is 5.92 Å². The van der Waals surface area contributed by atoms with Crippen molar-refractivity contribution in [2.75, 3.05) is 5.75 Å². The number of carbonyl (C=O) groups is 1. The Labute approximate surface area is 53.6 Å². The van der Waals surface area contributed by atoms with E-state index in [0.717, 1.165) is 0 Å². The highest BCUT2D eigenvalue weighted by Crippen LogP contribution is 1.93. The van der Waals surface area contributed by atoms with Crippen molar-refractivity contribution in [3.63, 3.8) is 0 Å². The maximum Gasteiger partial charge on any atom is 0.265 e. The number of aldehydes is 1. The largest absolute Gasteiger partial charge is 0.303 e. The summed E-state index contributed by atoms with van der Waals surface area (Å²) in [4.78, 5) is 9.81. The molecular formula is C4H8O4S. The molecule has 0 spiro atoms. The molecule has 0 aliphatic heterocycles. The molecule has 0 aliphatic carbocycles. The van der Waals surface area contributed by atoms with Crippen molar-refractivity contribution in [3.05, 3.63) is 0 Å². The molecule has 0 amide bonds. The Hall–Kier alpha value is -0.420. The summed E-state index contributed by atoms with van der Waals surface area (Å²) < 4.78 is 28.1. The van der Waals surface area contributed by atoms with E-state index in [1.165, 1.54) is 6.92 Å². The van der Waals surface area contributed by atoms with Gasteiger partial charge in [-0.05, 0) is 0 Å². The fourth-order valence-corrected chi connectivity index (χ4v) is 1.11. The van der Waals surface area contributed by atoms with E-state index < -0.39 is 21.8 Å². The molecule has 1 N–H and O–H groups in total. The first-order valence-corrected chi connectivity index (χ1v) is 3.97. The van der Waals surface area contributed by atoms with Crippen molar-refractivity contribution in [3.8, 4) is 0 Å². The van der Waals surface area contributed by atoms with E-state index in [-0.39, 0.29) is 0 Å². The Morgan fingerprint density at radius 3 is 2.22 bits per heavy atom. The monoisotopic (exact) mass is 152 g/mol. The van der Waals surface area contributed by atoms with Gasteiger partial charge < -0.3 is 4.79 Å². The topological polar surface area (TPSA) is 71.4 Å². The average molecular weight is 152 g/mol. The highest BCUT2D eigenvalue weighted by Gasteiger charge is 2.09. The summed E-state index contributed by atoms with van der Waals surface area (Å²) in [6.45, 7) is 1.42. The van der Waals surface area contributed by atoms with Crippen LogP contribution >= 0.6 is 0 Å². The Morgan fingerprint density at radius 1 is 1.67 bits per heavy atom. The van der Waals surface area contributed by atoms with Gasteiger partial charge in [0.25, 0.3) is 10.1 Å². The molecule has 1 unspecified atom stereocenters. The third kappa shape index (κ3) is 5.45. The van der Waals surface area contributed by atoms with Crippen LogP contribution in [0.25, 0.3) is 0 Å². The first-order valence-electron chi connectivity index (χ1n) is 2.36. The van der Waals surface area contributed by atoms with E-state index in [4.69, 9.17) is 4.55 Å². The fraction of sp³-hybridized carbons (Fsp3) is 0.750. The van der Waals surface area contributed by atoms with Crippen LogP contribution in [0.5, 0.6) is 0 Å². The molecule has 0 aromatic rings. The number of carbonyl (C=O) groups excluding carboxylic acids is 1. The summed E-state index contributed by atoms with van der Waals surface area (Å²) in [5, 5.41) is 0. The van der Waals surface area contributed by atoms with Gasteiger partial charge in [-0.1, -0.05) is 6.92 Å². The van der Waals surface area contributed by atoms with E-state index in [1.807, 2.05) is 0 Å². The summed E-state index contributed by atoms with van der Waals surface area (Å²) in [5.74, 6) is -1.11. The van der Waals surface area contributed by atoms with Crippen molar-refractivity contribution in [1.82, 2.24) is 0 Å². The number of rotatable bonds is 3. The van der Waals surface area contributed by atoms with Crippen LogP contribution < -0.4 is 0 Å². The van der Waals surface area contributed by atoms with Crippen molar-refractivity contribution < 1.29 is 17.8 Å². The first kappa shape index (κ1) is 8.58. The molecule has 0 aliphatic rings. The normalized spacial score (nSPS) is 14.9. The van der Waals surface area contributed by atoms with Crippen LogP contribution in [0.15, 0.2) is 0 Å². The summed E-state index contributed by atoms with van der Waals surface area (Å²) in [5.41, 5.74) is 0. The standard InChI is InChI=1S/C4H8O4S/c1-4(2-5)3-9(6,7)8/h2,4H,3H2,1H3,(H,6,7,8). The summed E-state index contributed by atoms with van der Waals surface area (Å²) in [6, 6.07) is 0. The summed E-state index contributed by atoms with van der Waals surface area (Å²) >= 11 is 0. The average Bonchev–Trinajstić information content (AvgIpc) is 1.62. The van der Waals surface area contributed by atoms with Gasteiger partial charge in [-0.3, -0.25) is 4.55 Å². The Kier molecular flexibility index (Phi) is 2.80. The van der Waals surface area contributed by atoms with E-state index in [1.54, 1.807) is 0 Å². The van der Waals surface area contributed by atoms with Crippen LogP contribution in [0.1, 0.15) is 6.92 Å². The lowest BCUT2D eigenvalue weighted by molar-refractivity contribution is -0.110. The third-order valence-corrected chi connectivity index (χ3v) is 1.65. The molecule has 0 fully saturated rings. The van der Waals surface area contributed by atoms with Gasteiger partial charge in [0.05, 0.1) is 5.75 Å². The van der Waals surface area contributed by atoms with Crippen LogP contribution in [-0.2, 0) is 14.9 Å². The molecule has 0 heterocycles. The molecule has 0 rings (SSSR count). The van der Waals surface area contributed by atoms with E-state index in [9.17, 15) is 13.2 Å². The second-order valence-corrected chi connectivity index (χ2v) is 3.36. The lowest BCUT2D eigenvalue weighted by Gasteiger charge is -1.96. The minimum Gasteiger partial charge on any atom is -0.303 e. The van der Waals surface area contributed by atoms with Crippen molar-refractivity contribution in [2.24, 2.45) is 5.92 Å². The zero-order chi connectivity index (χ0) is 7.49. The Balaban J connectivity index is 3.89. The SMILES string of the molecule is CC(C=O)CS(=O)(=O)O. The molecule has 54 valence electrons. The third-order valence-electron chi connectivity index (χ3n) is 0.706. The molecule has 0 bridgehead atoms. The molecule has 5 heteroatoms. The molecule has 1 atom stereocenters. The minimum absolute atomic E-state index is 0.480. The second kappa shape index (κ2) is 2.93. The molecule has 0 saturated heterocycles. The fourth-order valence-electron chi connectivity index (χ4n) is 0.372. The van der Waals surface area contributed by atoms with Gasteiger partial charge in [-0.15, -0.1) is 0 Å². The zero-order valence-corrected chi connectivity index (χ0v) is 5.76. The van der Waals surface area contributed by atoms with Crippen LogP contribution in [-0.4, -0.2) is 25.0 Å². The maximum atomic E-state index is 10.00. The smallest absolute Gasteiger partial charge is 0.265 e. The molecule has 0 aromatic heterocycles. The van der Waals surface area contributed by atoms with Gasteiger partial charge in [0.2, 0.25) is 0 Å². The molecule has 0 saturated carbocycles. The van der Waals surface area contributed by atoms with Crippen LogP contribution in [0.3, 0.4) is 0 Å². The second-order valence-electron chi connectivity index (χ2n) is 1.86. The first-order chi connectivity index (χ1) is 3.95. The molecular weight excluding hydrogens is 144 g/mol. The van der Waals surface area contributed by atoms with E-state index in [2.05, 4.69) is 0 Å². The van der Waals surface area contributed by atoms with Gasteiger partial charge in [-0.25, -0.2) is 0 Å². The van der Waals surface area contributed by atoms with Gasteiger partial charge in [0.1, 0.15) is 6.29 Å².